The molecule has 2 heterocycles. The number of methoxy groups -OCH3 is 1. The molecule has 0 bridgehead atoms. The monoisotopic (exact) mass is 379 g/mol. The second kappa shape index (κ2) is 6.51. The predicted octanol–water partition coefficient (Wildman–Crippen LogP) is 3.89. The highest BCUT2D eigenvalue weighted by Crippen LogP contribution is 2.49. The van der Waals surface area contributed by atoms with Crippen LogP contribution < -0.4 is 10.1 Å². The molecule has 1 amide bonds. The molecule has 2 aromatic heterocycles. The molecule has 0 saturated heterocycles. The van der Waals surface area contributed by atoms with E-state index in [1.165, 1.54) is 0 Å². The van der Waals surface area contributed by atoms with Crippen LogP contribution in [0.5, 0.6) is 5.75 Å². The Kier molecular flexibility index (Phi) is 3.96. The predicted molar refractivity (Wildman–Crippen MR) is 101 cm³/mol. The van der Waals surface area contributed by atoms with Crippen molar-refractivity contribution in [2.75, 3.05) is 12.4 Å². The maximum absolute atomic E-state index is 13.0. The van der Waals surface area contributed by atoms with Crippen LogP contribution in [0.2, 0.25) is 0 Å². The minimum atomic E-state index is -0.658. The molecule has 2 aliphatic carbocycles. The number of benzene rings is 1. The molecule has 0 atom stereocenters. The molecule has 0 aliphatic heterocycles. The van der Waals surface area contributed by atoms with E-state index in [9.17, 15) is 4.79 Å². The van der Waals surface area contributed by atoms with Crippen molar-refractivity contribution in [2.45, 2.75) is 43.9 Å². The van der Waals surface area contributed by atoms with Crippen LogP contribution in [0.4, 0.5) is 5.88 Å². The smallest absolute Gasteiger partial charge is 0.239 e. The van der Waals surface area contributed by atoms with Gasteiger partial charge in [0, 0.05) is 17.2 Å². The van der Waals surface area contributed by atoms with Gasteiger partial charge in [-0.25, -0.2) is 0 Å². The Balaban J connectivity index is 1.38. The summed E-state index contributed by atoms with van der Waals surface area (Å²) >= 11 is 0. The summed E-state index contributed by atoms with van der Waals surface area (Å²) < 4.78 is 16.2. The van der Waals surface area contributed by atoms with E-state index in [0.717, 1.165) is 61.1 Å². The molecule has 3 aromatic rings. The molecular weight excluding hydrogens is 358 g/mol. The van der Waals surface area contributed by atoms with E-state index in [-0.39, 0.29) is 5.91 Å². The van der Waals surface area contributed by atoms with E-state index in [4.69, 9.17) is 13.8 Å². The van der Waals surface area contributed by atoms with Crippen LogP contribution in [0.25, 0.3) is 11.3 Å². The van der Waals surface area contributed by atoms with Crippen molar-refractivity contribution in [3.63, 3.8) is 0 Å². The van der Waals surface area contributed by atoms with Gasteiger partial charge < -0.3 is 13.8 Å². The highest BCUT2D eigenvalue weighted by Gasteiger charge is 2.54. The lowest BCUT2D eigenvalue weighted by Gasteiger charge is -2.13. The molecule has 1 N–H and O–H groups in total. The Hall–Kier alpha value is -3.09. The number of anilines is 1. The van der Waals surface area contributed by atoms with Crippen LogP contribution in [0.15, 0.2) is 39.4 Å². The minimum absolute atomic E-state index is 0.109. The summed E-state index contributed by atoms with van der Waals surface area (Å²) in [6.45, 7) is 0. The molecular formula is C21H21N3O4. The largest absolute Gasteiger partial charge is 0.497 e. The number of amides is 1. The molecule has 0 unspecified atom stereocenters. The molecule has 1 saturated carbocycles. The average molecular weight is 379 g/mol. The number of nitrogens with one attached hydrogen (secondary N) is 1. The highest BCUT2D eigenvalue weighted by molar-refractivity contribution is 6.00. The third kappa shape index (κ3) is 2.78. The number of rotatable bonds is 5. The van der Waals surface area contributed by atoms with E-state index < -0.39 is 5.41 Å². The maximum atomic E-state index is 13.0. The van der Waals surface area contributed by atoms with Gasteiger partial charge in [0.1, 0.15) is 5.75 Å². The van der Waals surface area contributed by atoms with Crippen LogP contribution in [-0.4, -0.2) is 23.3 Å². The third-order valence-corrected chi connectivity index (χ3v) is 5.73. The second-order valence-corrected chi connectivity index (χ2v) is 7.49. The first-order valence-corrected chi connectivity index (χ1v) is 9.60. The fraction of sp³-hybridized carbons (Fsp3) is 0.381. The van der Waals surface area contributed by atoms with E-state index in [0.29, 0.717) is 17.3 Å². The number of hydrogen-bond acceptors (Lipinski definition) is 6. The number of fused-ring (bicyclic) bond motifs is 1. The average Bonchev–Trinajstić information content (AvgIpc) is 3.22. The lowest BCUT2D eigenvalue weighted by molar-refractivity contribution is -0.118. The zero-order valence-electron chi connectivity index (χ0n) is 15.7. The van der Waals surface area contributed by atoms with Crippen LogP contribution in [-0.2, 0) is 23.1 Å². The van der Waals surface area contributed by atoms with Gasteiger partial charge in [-0.2, -0.15) is 0 Å². The number of nitrogens with zero attached hydrogens (tertiary/aromatic N) is 2. The van der Waals surface area contributed by atoms with Gasteiger partial charge in [-0.05, 0) is 50.7 Å². The van der Waals surface area contributed by atoms with Gasteiger partial charge in [0.25, 0.3) is 0 Å². The zero-order chi connectivity index (χ0) is 19.1. The van der Waals surface area contributed by atoms with E-state index >= 15 is 0 Å². The molecule has 7 nitrogen and oxygen atoms in total. The Morgan fingerprint density at radius 2 is 2.00 bits per heavy atom. The first-order valence-electron chi connectivity index (χ1n) is 9.60. The Morgan fingerprint density at radius 1 is 1.14 bits per heavy atom. The van der Waals surface area contributed by atoms with Crippen molar-refractivity contribution in [1.82, 2.24) is 10.3 Å². The van der Waals surface area contributed by atoms with Crippen LogP contribution in [0.1, 0.15) is 42.6 Å². The molecule has 28 heavy (non-hydrogen) atoms. The number of aryl methyl sites for hydroxylation is 1. The Morgan fingerprint density at radius 3 is 2.82 bits per heavy atom. The topological polar surface area (TPSA) is 90.4 Å². The van der Waals surface area contributed by atoms with Gasteiger partial charge in [-0.15, -0.1) is 0 Å². The molecule has 144 valence electrons. The summed E-state index contributed by atoms with van der Waals surface area (Å²) in [5.41, 5.74) is 2.85. The van der Waals surface area contributed by atoms with E-state index in [1.54, 1.807) is 7.11 Å². The quantitative estimate of drug-likeness (QED) is 0.723. The Bertz CT molecular complexity index is 1030. The number of hydrogen-bond donors (Lipinski definition) is 1. The summed E-state index contributed by atoms with van der Waals surface area (Å²) in [6, 6.07) is 9.41. The van der Waals surface area contributed by atoms with Crippen molar-refractivity contribution in [2.24, 2.45) is 0 Å². The van der Waals surface area contributed by atoms with Crippen molar-refractivity contribution < 1.29 is 18.6 Å². The van der Waals surface area contributed by atoms with Crippen molar-refractivity contribution in [3.8, 4) is 17.1 Å². The van der Waals surface area contributed by atoms with Crippen LogP contribution in [0.3, 0.4) is 0 Å². The number of aromatic nitrogens is 2. The third-order valence-electron chi connectivity index (χ3n) is 5.73. The summed E-state index contributed by atoms with van der Waals surface area (Å²) in [5, 5.41) is 11.3. The molecule has 0 radical (unpaired) electrons. The maximum Gasteiger partial charge on any atom is 0.239 e. The lowest BCUT2D eigenvalue weighted by Crippen LogP contribution is -2.28. The van der Waals surface area contributed by atoms with Crippen molar-refractivity contribution in [1.29, 1.82) is 0 Å². The fourth-order valence-electron chi connectivity index (χ4n) is 3.85. The fourth-order valence-corrected chi connectivity index (χ4v) is 3.85. The summed E-state index contributed by atoms with van der Waals surface area (Å²) in [5.74, 6) is 1.74. The van der Waals surface area contributed by atoms with Gasteiger partial charge in [-0.1, -0.05) is 22.4 Å². The molecule has 1 aromatic carbocycles. The SMILES string of the molecule is COc1cccc(-c2cc(C3(C(=O)Nc4onc5c4CCCC5)CC3)no2)c1. The van der Waals surface area contributed by atoms with E-state index in [1.807, 2.05) is 30.3 Å². The zero-order valence-corrected chi connectivity index (χ0v) is 15.7. The molecule has 2 aliphatic rings. The Labute approximate surface area is 162 Å². The van der Waals surface area contributed by atoms with E-state index in [2.05, 4.69) is 15.6 Å². The van der Waals surface area contributed by atoms with Gasteiger partial charge in [0.2, 0.25) is 11.8 Å². The highest BCUT2D eigenvalue weighted by atomic mass is 16.5. The summed E-state index contributed by atoms with van der Waals surface area (Å²) in [6.07, 6.45) is 5.48. The first-order chi connectivity index (χ1) is 13.7. The van der Waals surface area contributed by atoms with Crippen LogP contribution in [0, 0.1) is 0 Å². The normalized spacial score (nSPS) is 17.0. The number of ether oxygens (including phenoxy) is 1. The lowest BCUT2D eigenvalue weighted by atomic mass is 9.97. The number of carbonyl (C=O) groups is 1. The molecule has 7 heteroatoms. The molecule has 0 spiro atoms. The van der Waals surface area contributed by atoms with Crippen molar-refractivity contribution >= 4 is 11.8 Å². The van der Waals surface area contributed by atoms with Crippen LogP contribution >= 0.6 is 0 Å². The standard InChI is InChI=1S/C21H21N3O4/c1-26-14-6-4-5-13(11-14)17-12-18(24-27-17)21(9-10-21)20(25)22-19-15-7-2-3-8-16(15)23-28-19/h4-6,11-12H,2-3,7-10H2,1H3,(H,22,25). The van der Waals surface area contributed by atoms with Crippen molar-refractivity contribution in [3.05, 3.63) is 47.3 Å². The second-order valence-electron chi connectivity index (χ2n) is 7.49. The minimum Gasteiger partial charge on any atom is -0.497 e. The first kappa shape index (κ1) is 17.0. The molecule has 1 fully saturated rings. The summed E-state index contributed by atoms with van der Waals surface area (Å²) in [7, 11) is 1.62. The van der Waals surface area contributed by atoms with Gasteiger partial charge in [0.15, 0.2) is 5.76 Å². The summed E-state index contributed by atoms with van der Waals surface area (Å²) in [4.78, 5) is 13.0. The van der Waals surface area contributed by atoms with Gasteiger partial charge >= 0.3 is 0 Å². The molecule has 5 rings (SSSR count). The van der Waals surface area contributed by atoms with Gasteiger partial charge in [-0.3, -0.25) is 10.1 Å². The van der Waals surface area contributed by atoms with Gasteiger partial charge in [0.05, 0.1) is 23.9 Å². The number of carbonyl (C=O) groups excluding carboxylic acids is 1.